The molecule has 0 unspecified atom stereocenters. The van der Waals surface area contributed by atoms with Gasteiger partial charge in [0.1, 0.15) is 5.82 Å². The first-order valence-electron chi connectivity index (χ1n) is 6.08. The number of nitrogens with zero attached hydrogens (tertiary/aromatic N) is 2. The van der Waals surface area contributed by atoms with Crippen LogP contribution in [0.15, 0.2) is 12.4 Å². The number of hydrogen-bond acceptors (Lipinski definition) is 3. The highest BCUT2D eigenvalue weighted by atomic mass is 32.1. The third-order valence-corrected chi connectivity index (χ3v) is 3.02. The van der Waals surface area contributed by atoms with Crippen molar-refractivity contribution in [1.82, 2.24) is 9.97 Å². The molecule has 1 aromatic heterocycles. The van der Waals surface area contributed by atoms with E-state index in [9.17, 15) is 5.11 Å². The molecule has 0 bridgehead atoms. The molecule has 18 heavy (non-hydrogen) atoms. The van der Waals surface area contributed by atoms with Gasteiger partial charge < -0.3 is 5.11 Å². The molecule has 100 valence electrons. The second-order valence-electron chi connectivity index (χ2n) is 6.73. The van der Waals surface area contributed by atoms with Crippen LogP contribution in [-0.2, 0) is 5.41 Å². The molecule has 0 aliphatic heterocycles. The zero-order chi connectivity index (χ0) is 14.1. The fraction of sp³-hybridized carbons (Fsp3) is 0.643. The molecule has 0 aliphatic rings. The van der Waals surface area contributed by atoms with Gasteiger partial charge in [-0.2, -0.15) is 0 Å². The van der Waals surface area contributed by atoms with E-state index in [1.807, 2.05) is 20.8 Å². The molecule has 0 radical (unpaired) electrons. The van der Waals surface area contributed by atoms with Gasteiger partial charge in [-0.3, -0.25) is 0 Å². The van der Waals surface area contributed by atoms with E-state index in [-0.39, 0.29) is 21.8 Å². The molecule has 1 aromatic rings. The van der Waals surface area contributed by atoms with Crippen LogP contribution in [0.25, 0.3) is 0 Å². The van der Waals surface area contributed by atoms with Gasteiger partial charge >= 0.3 is 0 Å². The van der Waals surface area contributed by atoms with Gasteiger partial charge in [0.2, 0.25) is 0 Å². The van der Waals surface area contributed by atoms with Crippen molar-refractivity contribution in [2.75, 3.05) is 0 Å². The molecule has 0 spiro atoms. The summed E-state index contributed by atoms with van der Waals surface area (Å²) >= 11 is 4.95. The van der Waals surface area contributed by atoms with Crippen molar-refractivity contribution in [3.8, 4) is 0 Å². The molecule has 0 amide bonds. The van der Waals surface area contributed by atoms with Crippen LogP contribution < -0.4 is 0 Å². The third-order valence-electron chi connectivity index (χ3n) is 2.79. The summed E-state index contributed by atoms with van der Waals surface area (Å²) in [5, 5.41) is 9.70. The van der Waals surface area contributed by atoms with Crippen LogP contribution in [0.2, 0.25) is 0 Å². The maximum Gasteiger partial charge on any atom is 0.164 e. The molecule has 4 heteroatoms. The molecule has 3 nitrogen and oxygen atoms in total. The number of aliphatic hydroxyl groups excluding tert-OH is 1. The van der Waals surface area contributed by atoms with E-state index >= 15 is 0 Å². The van der Waals surface area contributed by atoms with Gasteiger partial charge in [0.15, 0.2) is 5.05 Å². The van der Waals surface area contributed by atoms with E-state index in [0.29, 0.717) is 0 Å². The summed E-state index contributed by atoms with van der Waals surface area (Å²) in [5.41, 5.74) is 0.636. The lowest BCUT2D eigenvalue weighted by atomic mass is 9.78. The van der Waals surface area contributed by atoms with Crippen LogP contribution in [0.4, 0.5) is 0 Å². The Morgan fingerprint density at radius 3 is 1.83 bits per heavy atom. The minimum absolute atomic E-state index is 0.00499. The zero-order valence-electron chi connectivity index (χ0n) is 12.0. The summed E-state index contributed by atoms with van der Waals surface area (Å²) in [6, 6.07) is 0. The highest BCUT2D eigenvalue weighted by Gasteiger charge is 2.31. The average Bonchev–Trinajstić information content (AvgIpc) is 2.13. The van der Waals surface area contributed by atoms with Crippen molar-refractivity contribution in [1.29, 1.82) is 0 Å². The minimum atomic E-state index is -0.221. The number of hydrogen-bond donors (Lipinski definition) is 1. The molecular formula is C14H22N2OS. The van der Waals surface area contributed by atoms with Crippen molar-refractivity contribution in [2.24, 2.45) is 5.41 Å². The first-order valence-corrected chi connectivity index (χ1v) is 6.49. The normalized spacial score (nSPS) is 14.3. The summed E-state index contributed by atoms with van der Waals surface area (Å²) in [4.78, 5) is 8.77. The average molecular weight is 266 g/mol. The fourth-order valence-electron chi connectivity index (χ4n) is 1.89. The van der Waals surface area contributed by atoms with Gasteiger partial charge in [0.25, 0.3) is 0 Å². The largest absolute Gasteiger partial charge is 0.502 e. The molecule has 1 heterocycles. The van der Waals surface area contributed by atoms with Gasteiger partial charge in [-0.15, -0.1) is 0 Å². The van der Waals surface area contributed by atoms with Crippen LogP contribution in [0.3, 0.4) is 0 Å². The molecule has 0 aliphatic carbocycles. The van der Waals surface area contributed by atoms with Gasteiger partial charge in [-0.05, 0) is 17.6 Å². The SMILES string of the molecule is CC(C)(C)c1ncc([C@@H](C(O)=S)C(C)(C)C)cn1. The summed E-state index contributed by atoms with van der Waals surface area (Å²) < 4.78 is 0. The summed E-state index contributed by atoms with van der Waals surface area (Å²) in [6.45, 7) is 12.3. The maximum atomic E-state index is 9.71. The van der Waals surface area contributed by atoms with E-state index in [1.165, 1.54) is 0 Å². The van der Waals surface area contributed by atoms with Crippen LogP contribution >= 0.6 is 12.2 Å². The standard InChI is InChI=1S/C14H22N2OS/c1-13(2,3)10(11(17)18)9-7-15-12(16-8-9)14(4,5)6/h7-8,10H,1-6H3,(H,17,18)/t10-/m0/s1. The predicted molar refractivity (Wildman–Crippen MR) is 78.2 cm³/mol. The maximum absolute atomic E-state index is 9.71. The predicted octanol–water partition coefficient (Wildman–Crippen LogP) is 3.79. The van der Waals surface area contributed by atoms with E-state index < -0.39 is 0 Å². The second-order valence-corrected chi connectivity index (χ2v) is 7.15. The molecule has 0 aromatic carbocycles. The number of aliphatic hydroxyl groups is 1. The molecular weight excluding hydrogens is 244 g/mol. The molecule has 0 fully saturated rings. The Labute approximate surface area is 115 Å². The summed E-state index contributed by atoms with van der Waals surface area (Å²) in [7, 11) is 0. The number of rotatable bonds is 2. The first-order chi connectivity index (χ1) is 8.03. The zero-order valence-corrected chi connectivity index (χ0v) is 12.8. The third kappa shape index (κ3) is 3.48. The monoisotopic (exact) mass is 266 g/mol. The van der Waals surface area contributed by atoms with Crippen LogP contribution in [0, 0.1) is 5.41 Å². The van der Waals surface area contributed by atoms with Crippen molar-refractivity contribution >= 4 is 17.3 Å². The van der Waals surface area contributed by atoms with E-state index in [2.05, 4.69) is 30.7 Å². The Kier molecular flexibility index (Phi) is 4.11. The molecule has 0 saturated carbocycles. The van der Waals surface area contributed by atoms with E-state index in [0.717, 1.165) is 11.4 Å². The lowest BCUT2D eigenvalue weighted by molar-refractivity contribution is 0.351. The van der Waals surface area contributed by atoms with Crippen molar-refractivity contribution in [3.63, 3.8) is 0 Å². The summed E-state index contributed by atoms with van der Waals surface area (Å²) in [6.07, 6.45) is 3.54. The topological polar surface area (TPSA) is 46.0 Å². The van der Waals surface area contributed by atoms with Crippen LogP contribution in [0.1, 0.15) is 58.8 Å². The lowest BCUT2D eigenvalue weighted by Gasteiger charge is -2.29. The molecule has 1 rings (SSSR count). The molecule has 1 N–H and O–H groups in total. The summed E-state index contributed by atoms with van der Waals surface area (Å²) in [5.74, 6) is 0.573. The Balaban J connectivity index is 3.14. The van der Waals surface area contributed by atoms with Crippen LogP contribution in [-0.4, -0.2) is 20.1 Å². The van der Waals surface area contributed by atoms with Crippen molar-refractivity contribution < 1.29 is 5.11 Å². The van der Waals surface area contributed by atoms with Gasteiger partial charge in [-0.1, -0.05) is 41.5 Å². The number of thiocarbonyl (C=S) groups is 1. The Morgan fingerprint density at radius 2 is 1.56 bits per heavy atom. The number of aromatic nitrogens is 2. The Morgan fingerprint density at radius 1 is 1.11 bits per heavy atom. The van der Waals surface area contributed by atoms with Crippen molar-refractivity contribution in [2.45, 2.75) is 52.9 Å². The Hall–Kier alpha value is -1.03. The van der Waals surface area contributed by atoms with Gasteiger partial charge in [0.05, 0.1) is 5.92 Å². The Bertz CT molecular complexity index is 427. The smallest absolute Gasteiger partial charge is 0.164 e. The van der Waals surface area contributed by atoms with E-state index in [1.54, 1.807) is 12.4 Å². The van der Waals surface area contributed by atoms with E-state index in [4.69, 9.17) is 12.2 Å². The first kappa shape index (κ1) is 15.0. The minimum Gasteiger partial charge on any atom is -0.502 e. The second kappa shape index (κ2) is 4.92. The highest BCUT2D eigenvalue weighted by Crippen LogP contribution is 2.35. The molecule has 0 saturated heterocycles. The highest BCUT2D eigenvalue weighted by molar-refractivity contribution is 7.80. The van der Waals surface area contributed by atoms with Crippen LogP contribution in [0.5, 0.6) is 0 Å². The lowest BCUT2D eigenvalue weighted by Crippen LogP contribution is -2.26. The van der Waals surface area contributed by atoms with Gasteiger partial charge in [0, 0.05) is 23.4 Å². The molecule has 1 atom stereocenters. The van der Waals surface area contributed by atoms with Crippen molar-refractivity contribution in [3.05, 3.63) is 23.8 Å². The van der Waals surface area contributed by atoms with Gasteiger partial charge in [-0.25, -0.2) is 9.97 Å². The quantitative estimate of drug-likeness (QED) is 0.827. The fourth-order valence-corrected chi connectivity index (χ4v) is 2.38.